The van der Waals surface area contributed by atoms with E-state index in [0.717, 1.165) is 5.56 Å². The summed E-state index contributed by atoms with van der Waals surface area (Å²) in [6.07, 6.45) is 0.0318. The zero-order chi connectivity index (χ0) is 22.3. The Morgan fingerprint density at radius 2 is 1.97 bits per heavy atom. The van der Waals surface area contributed by atoms with Crippen LogP contribution in [-0.4, -0.2) is 67.1 Å². The number of amides is 1. The van der Waals surface area contributed by atoms with E-state index in [1.807, 2.05) is 24.2 Å². The Kier molecular flexibility index (Phi) is 8.78. The van der Waals surface area contributed by atoms with Crippen LogP contribution in [0.3, 0.4) is 0 Å². The van der Waals surface area contributed by atoms with Crippen LogP contribution in [0.25, 0.3) is 0 Å². The van der Waals surface area contributed by atoms with E-state index in [9.17, 15) is 9.59 Å². The zero-order valence-electron chi connectivity index (χ0n) is 18.3. The van der Waals surface area contributed by atoms with E-state index in [1.165, 1.54) is 30.7 Å². The van der Waals surface area contributed by atoms with Crippen LogP contribution >= 0.6 is 12.1 Å². The van der Waals surface area contributed by atoms with Gasteiger partial charge in [0.15, 0.2) is 11.5 Å². The van der Waals surface area contributed by atoms with Crippen molar-refractivity contribution in [3.63, 3.8) is 0 Å². The Morgan fingerprint density at radius 1 is 1.27 bits per heavy atom. The van der Waals surface area contributed by atoms with Gasteiger partial charge in [0.1, 0.15) is 0 Å². The van der Waals surface area contributed by atoms with Gasteiger partial charge in [-0.3, -0.25) is 4.79 Å². The normalized spacial score (nSPS) is 14.4. The molecule has 0 spiro atoms. The minimum atomic E-state index is -1.23. The number of para-hydroxylation sites is 1. The molecule has 0 radical (unpaired) electrons. The van der Waals surface area contributed by atoms with Crippen molar-refractivity contribution >= 4 is 24.2 Å². The van der Waals surface area contributed by atoms with E-state index in [2.05, 4.69) is 0 Å². The summed E-state index contributed by atoms with van der Waals surface area (Å²) in [5, 5.41) is 0. The van der Waals surface area contributed by atoms with Crippen molar-refractivity contribution in [3.05, 3.63) is 23.8 Å². The monoisotopic (exact) mass is 442 g/mol. The second-order valence-corrected chi connectivity index (χ2v) is 8.03. The average molecular weight is 443 g/mol. The maximum Gasteiger partial charge on any atom is 0.426 e. The molecule has 0 fully saturated rings. The molecule has 2 rings (SSSR count). The summed E-state index contributed by atoms with van der Waals surface area (Å²) in [4.78, 5) is 24.3. The average Bonchev–Trinajstić information content (AvgIpc) is 3.11. The lowest BCUT2D eigenvalue weighted by Gasteiger charge is -2.28. The van der Waals surface area contributed by atoms with Crippen molar-refractivity contribution in [2.45, 2.75) is 45.6 Å². The molecular weight excluding hydrogens is 412 g/mol. The Balaban J connectivity index is 2.01. The summed E-state index contributed by atoms with van der Waals surface area (Å²) in [6.45, 7) is 6.50. The van der Waals surface area contributed by atoms with Crippen molar-refractivity contribution in [1.29, 1.82) is 0 Å². The highest BCUT2D eigenvalue weighted by Gasteiger charge is 2.42. The number of fused-ring (bicyclic) bond motifs is 1. The van der Waals surface area contributed by atoms with Crippen LogP contribution in [0.5, 0.6) is 11.5 Å². The van der Waals surface area contributed by atoms with Gasteiger partial charge in [0.25, 0.3) is 0 Å². The molecule has 9 nitrogen and oxygen atoms in total. The van der Waals surface area contributed by atoms with E-state index in [1.54, 1.807) is 26.1 Å². The molecule has 0 bridgehead atoms. The third-order valence-electron chi connectivity index (χ3n) is 4.45. The lowest BCUT2D eigenvalue weighted by molar-refractivity contribution is -0.310. The second kappa shape index (κ2) is 10.9. The molecule has 1 aromatic rings. The van der Waals surface area contributed by atoms with Gasteiger partial charge in [-0.05, 0) is 26.8 Å². The minimum Gasteiger partial charge on any atom is -0.466 e. The number of rotatable bonds is 10. The fourth-order valence-corrected chi connectivity index (χ4v) is 3.59. The number of ether oxygens (including phenoxy) is 5. The molecule has 1 aromatic carbocycles. The van der Waals surface area contributed by atoms with Crippen molar-refractivity contribution in [2.24, 2.45) is 0 Å². The Labute approximate surface area is 181 Å². The number of carbonyl (C=O) groups excluding carboxylic acids is 2. The molecule has 1 heterocycles. The highest BCUT2D eigenvalue weighted by atomic mass is 32.2. The molecule has 168 valence electrons. The fourth-order valence-electron chi connectivity index (χ4n) is 2.81. The molecule has 0 atom stereocenters. The van der Waals surface area contributed by atoms with Crippen LogP contribution < -0.4 is 9.47 Å². The Bertz CT molecular complexity index is 740. The van der Waals surface area contributed by atoms with Crippen molar-refractivity contribution < 1.29 is 33.3 Å². The molecule has 1 aliphatic rings. The van der Waals surface area contributed by atoms with Gasteiger partial charge in [-0.2, -0.15) is 0 Å². The summed E-state index contributed by atoms with van der Waals surface area (Å²) >= 11 is 1.18. The van der Waals surface area contributed by atoms with Gasteiger partial charge in [-0.15, -0.1) is 0 Å². The standard InChI is InChI=1S/C20H30N2O7S/c1-7-27-17(23)11-12-22(14(2)3)30-21(4)19(24)28-16-10-8-9-15-13-20(25-5,26-6)29-18(15)16/h8-10,14H,7,11-13H2,1-6H3. The van der Waals surface area contributed by atoms with Gasteiger partial charge < -0.3 is 23.7 Å². The summed E-state index contributed by atoms with van der Waals surface area (Å²) in [5.74, 6) is -0.808. The number of nitrogens with zero attached hydrogens (tertiary/aromatic N) is 2. The number of benzene rings is 1. The minimum absolute atomic E-state index is 0.0907. The van der Waals surface area contributed by atoms with E-state index < -0.39 is 12.1 Å². The third kappa shape index (κ3) is 6.00. The van der Waals surface area contributed by atoms with Crippen LogP contribution in [0.15, 0.2) is 18.2 Å². The number of methoxy groups -OCH3 is 2. The predicted octanol–water partition coefficient (Wildman–Crippen LogP) is 3.23. The van der Waals surface area contributed by atoms with E-state index in [0.29, 0.717) is 25.3 Å². The first-order valence-corrected chi connectivity index (χ1v) is 10.4. The van der Waals surface area contributed by atoms with Gasteiger partial charge >= 0.3 is 18.0 Å². The molecule has 0 aliphatic carbocycles. The molecular formula is C20H30N2O7S. The van der Waals surface area contributed by atoms with Gasteiger partial charge in [0.05, 0.1) is 19.4 Å². The summed E-state index contributed by atoms with van der Waals surface area (Å²) in [6, 6.07) is 5.38. The topological polar surface area (TPSA) is 86.8 Å². The van der Waals surface area contributed by atoms with Gasteiger partial charge in [0.2, 0.25) is 0 Å². The molecule has 30 heavy (non-hydrogen) atoms. The maximum absolute atomic E-state index is 12.7. The molecule has 0 N–H and O–H groups in total. The van der Waals surface area contributed by atoms with Crippen LogP contribution in [-0.2, 0) is 25.4 Å². The highest BCUT2D eigenvalue weighted by molar-refractivity contribution is 7.95. The highest BCUT2D eigenvalue weighted by Crippen LogP contribution is 2.43. The van der Waals surface area contributed by atoms with Crippen molar-refractivity contribution in [3.8, 4) is 11.5 Å². The molecule has 1 aliphatic heterocycles. The van der Waals surface area contributed by atoms with E-state index >= 15 is 0 Å². The number of hydrogen-bond donors (Lipinski definition) is 0. The molecule has 0 unspecified atom stereocenters. The molecule has 0 saturated heterocycles. The number of hydrogen-bond acceptors (Lipinski definition) is 9. The van der Waals surface area contributed by atoms with Crippen LogP contribution in [0.2, 0.25) is 0 Å². The van der Waals surface area contributed by atoms with Crippen LogP contribution in [0.4, 0.5) is 4.79 Å². The van der Waals surface area contributed by atoms with Crippen LogP contribution in [0.1, 0.15) is 32.8 Å². The fraction of sp³-hybridized carbons (Fsp3) is 0.600. The van der Waals surface area contributed by atoms with Crippen molar-refractivity contribution in [2.75, 3.05) is 34.4 Å². The first-order chi connectivity index (χ1) is 14.2. The number of esters is 1. The lowest BCUT2D eigenvalue weighted by atomic mass is 10.1. The summed E-state index contributed by atoms with van der Waals surface area (Å²) < 4.78 is 30.3. The maximum atomic E-state index is 12.7. The molecule has 10 heteroatoms. The van der Waals surface area contributed by atoms with Gasteiger partial charge in [0, 0.05) is 51.6 Å². The van der Waals surface area contributed by atoms with Crippen LogP contribution in [0, 0.1) is 0 Å². The number of carbonyl (C=O) groups is 2. The second-order valence-electron chi connectivity index (χ2n) is 6.85. The van der Waals surface area contributed by atoms with E-state index in [-0.39, 0.29) is 24.2 Å². The molecule has 1 amide bonds. The SMILES string of the molecule is CCOC(=O)CCN(SN(C)C(=O)Oc1cccc2c1OC(OC)(OC)C2)C(C)C. The quantitative estimate of drug-likeness (QED) is 0.308. The summed E-state index contributed by atoms with van der Waals surface area (Å²) in [7, 11) is 4.58. The van der Waals surface area contributed by atoms with Gasteiger partial charge in [-0.25, -0.2) is 13.4 Å². The zero-order valence-corrected chi connectivity index (χ0v) is 19.1. The first kappa shape index (κ1) is 24.3. The Morgan fingerprint density at radius 3 is 2.57 bits per heavy atom. The smallest absolute Gasteiger partial charge is 0.426 e. The molecule has 0 aromatic heterocycles. The van der Waals surface area contributed by atoms with Crippen molar-refractivity contribution in [1.82, 2.24) is 8.61 Å². The van der Waals surface area contributed by atoms with Gasteiger partial charge in [-0.1, -0.05) is 12.1 Å². The first-order valence-electron chi connectivity index (χ1n) is 9.72. The lowest BCUT2D eigenvalue weighted by Crippen LogP contribution is -2.38. The predicted molar refractivity (Wildman–Crippen MR) is 112 cm³/mol. The summed E-state index contributed by atoms with van der Waals surface area (Å²) in [5.41, 5.74) is 0.817. The molecule has 0 saturated carbocycles. The third-order valence-corrected chi connectivity index (χ3v) is 5.65. The largest absolute Gasteiger partial charge is 0.466 e. The van der Waals surface area contributed by atoms with E-state index in [4.69, 9.17) is 23.7 Å². The Hall–Kier alpha value is -2.01.